The molecule has 1 nitrogen and oxygen atoms in total. The van der Waals surface area contributed by atoms with Crippen LogP contribution in [0.1, 0.15) is 6.42 Å². The molecule has 0 fully saturated rings. The molecule has 0 aromatic heterocycles. The van der Waals surface area contributed by atoms with Crippen molar-refractivity contribution in [1.82, 2.24) is 0 Å². The van der Waals surface area contributed by atoms with Crippen molar-refractivity contribution in [2.45, 2.75) is 6.42 Å². The molecule has 0 aromatic rings. The van der Waals surface area contributed by atoms with E-state index in [2.05, 4.69) is 18.7 Å². The van der Waals surface area contributed by atoms with Gasteiger partial charge < -0.3 is 5.73 Å². The molecule has 0 spiro atoms. The predicted octanol–water partition coefficient (Wildman–Crippen LogP) is 1.59. The highest BCUT2D eigenvalue weighted by atomic mass is 14.6. The van der Waals surface area contributed by atoms with Gasteiger partial charge in [-0.1, -0.05) is 30.9 Å². The maximum Gasteiger partial charge on any atom is 0.0196 e. The highest BCUT2D eigenvalue weighted by Gasteiger charge is 2.04. The number of rotatable bonds is 1. The van der Waals surface area contributed by atoms with Gasteiger partial charge in [-0.2, -0.15) is 0 Å². The van der Waals surface area contributed by atoms with Crippen LogP contribution in [-0.2, 0) is 0 Å². The van der Waals surface area contributed by atoms with Crippen molar-refractivity contribution < 1.29 is 0 Å². The minimum Gasteiger partial charge on any atom is -0.402 e. The molecular weight excluding hydrogens is 110 g/mol. The summed E-state index contributed by atoms with van der Waals surface area (Å²) < 4.78 is 0. The van der Waals surface area contributed by atoms with Crippen molar-refractivity contribution in [1.29, 1.82) is 0 Å². The third kappa shape index (κ3) is 1.46. The van der Waals surface area contributed by atoms with Crippen molar-refractivity contribution in [3.05, 3.63) is 36.6 Å². The zero-order chi connectivity index (χ0) is 6.69. The van der Waals surface area contributed by atoms with Crippen LogP contribution in [0.4, 0.5) is 0 Å². The van der Waals surface area contributed by atoms with Crippen LogP contribution >= 0.6 is 0 Å². The lowest BCUT2D eigenvalue weighted by molar-refractivity contribution is 0.759. The summed E-state index contributed by atoms with van der Waals surface area (Å²) in [6, 6.07) is 0. The Hall–Kier alpha value is -0.980. The van der Waals surface area contributed by atoms with Crippen LogP contribution in [-0.4, -0.2) is 0 Å². The van der Waals surface area contributed by atoms with Crippen molar-refractivity contribution in [3.8, 4) is 0 Å². The van der Waals surface area contributed by atoms with Crippen molar-refractivity contribution in [3.63, 3.8) is 0 Å². The molecule has 0 bridgehead atoms. The van der Waals surface area contributed by atoms with Crippen LogP contribution in [0, 0.1) is 5.92 Å². The zero-order valence-corrected chi connectivity index (χ0v) is 5.38. The summed E-state index contributed by atoms with van der Waals surface area (Å²) >= 11 is 0. The highest BCUT2D eigenvalue weighted by Crippen LogP contribution is 2.14. The average molecular weight is 121 g/mol. The van der Waals surface area contributed by atoms with Crippen LogP contribution in [0.15, 0.2) is 36.6 Å². The Morgan fingerprint density at radius 3 is 2.67 bits per heavy atom. The van der Waals surface area contributed by atoms with E-state index in [-0.39, 0.29) is 0 Å². The molecule has 0 amide bonds. The number of allylic oxidation sites excluding steroid dienone is 4. The zero-order valence-electron chi connectivity index (χ0n) is 5.38. The van der Waals surface area contributed by atoms with Gasteiger partial charge >= 0.3 is 0 Å². The van der Waals surface area contributed by atoms with Crippen molar-refractivity contribution >= 4 is 0 Å². The normalized spacial score (nSPS) is 24.2. The SMILES string of the molecule is C=C(N)[C@H]1C=CC=CC1. The fourth-order valence-corrected chi connectivity index (χ4v) is 0.856. The first-order valence-corrected chi connectivity index (χ1v) is 3.08. The second-order valence-electron chi connectivity index (χ2n) is 2.23. The fraction of sp³-hybridized carbons (Fsp3) is 0.250. The van der Waals surface area contributed by atoms with Gasteiger partial charge in [0.25, 0.3) is 0 Å². The maximum atomic E-state index is 5.49. The van der Waals surface area contributed by atoms with E-state index in [1.165, 1.54) is 0 Å². The van der Waals surface area contributed by atoms with Gasteiger partial charge in [-0.15, -0.1) is 0 Å². The van der Waals surface area contributed by atoms with Gasteiger partial charge in [0.05, 0.1) is 0 Å². The highest BCUT2D eigenvalue weighted by molar-refractivity contribution is 5.17. The minimum atomic E-state index is 0.370. The van der Waals surface area contributed by atoms with Crippen LogP contribution in [0.2, 0.25) is 0 Å². The van der Waals surface area contributed by atoms with Gasteiger partial charge in [0, 0.05) is 11.6 Å². The van der Waals surface area contributed by atoms with E-state index in [1.54, 1.807) is 0 Å². The summed E-state index contributed by atoms with van der Waals surface area (Å²) in [5.41, 5.74) is 6.25. The Morgan fingerprint density at radius 1 is 1.56 bits per heavy atom. The molecule has 1 aliphatic carbocycles. The van der Waals surface area contributed by atoms with Crippen LogP contribution < -0.4 is 5.73 Å². The van der Waals surface area contributed by atoms with E-state index in [0.717, 1.165) is 12.1 Å². The molecule has 1 atom stereocenters. The second kappa shape index (κ2) is 2.53. The van der Waals surface area contributed by atoms with E-state index < -0.39 is 0 Å². The molecule has 0 aliphatic heterocycles. The number of hydrogen-bond donors (Lipinski definition) is 1. The maximum absolute atomic E-state index is 5.49. The lowest BCUT2D eigenvalue weighted by atomic mass is 9.99. The molecule has 48 valence electrons. The molecule has 0 radical (unpaired) electrons. The Bertz CT molecular complexity index is 165. The summed E-state index contributed by atoms with van der Waals surface area (Å²) in [7, 11) is 0. The summed E-state index contributed by atoms with van der Waals surface area (Å²) in [6.45, 7) is 3.67. The van der Waals surface area contributed by atoms with E-state index in [9.17, 15) is 0 Å². The molecule has 1 rings (SSSR count). The Balaban J connectivity index is 2.56. The van der Waals surface area contributed by atoms with Gasteiger partial charge in [-0.05, 0) is 6.42 Å². The van der Waals surface area contributed by atoms with Gasteiger partial charge in [0.2, 0.25) is 0 Å². The lowest BCUT2D eigenvalue weighted by Gasteiger charge is -2.10. The molecule has 1 heteroatoms. The van der Waals surface area contributed by atoms with Crippen molar-refractivity contribution in [2.75, 3.05) is 0 Å². The molecule has 0 saturated heterocycles. The smallest absolute Gasteiger partial charge is 0.0196 e. The average Bonchev–Trinajstić information content (AvgIpc) is 1.90. The molecule has 2 N–H and O–H groups in total. The molecule has 9 heavy (non-hydrogen) atoms. The minimum absolute atomic E-state index is 0.370. The Labute approximate surface area is 55.6 Å². The van der Waals surface area contributed by atoms with E-state index in [0.29, 0.717) is 5.92 Å². The van der Waals surface area contributed by atoms with Gasteiger partial charge in [-0.3, -0.25) is 0 Å². The molecule has 0 saturated carbocycles. The summed E-state index contributed by atoms with van der Waals surface area (Å²) in [5.74, 6) is 0.370. The van der Waals surface area contributed by atoms with Gasteiger partial charge in [0.1, 0.15) is 0 Å². The first-order chi connectivity index (χ1) is 4.30. The fourth-order valence-electron chi connectivity index (χ4n) is 0.856. The van der Waals surface area contributed by atoms with Crippen LogP contribution in [0.3, 0.4) is 0 Å². The molecule has 0 heterocycles. The quantitative estimate of drug-likeness (QED) is 0.560. The van der Waals surface area contributed by atoms with Gasteiger partial charge in [-0.25, -0.2) is 0 Å². The molecule has 1 aliphatic rings. The summed E-state index contributed by atoms with van der Waals surface area (Å²) in [6.07, 6.45) is 9.21. The molecule has 0 unspecified atom stereocenters. The first-order valence-electron chi connectivity index (χ1n) is 3.08. The molecular formula is C8H11N. The third-order valence-electron chi connectivity index (χ3n) is 1.46. The van der Waals surface area contributed by atoms with Crippen LogP contribution in [0.25, 0.3) is 0 Å². The summed E-state index contributed by atoms with van der Waals surface area (Å²) in [4.78, 5) is 0. The first kappa shape index (κ1) is 6.14. The largest absolute Gasteiger partial charge is 0.402 e. The Morgan fingerprint density at radius 2 is 2.33 bits per heavy atom. The van der Waals surface area contributed by atoms with Crippen LogP contribution in [0.5, 0.6) is 0 Å². The summed E-state index contributed by atoms with van der Waals surface area (Å²) in [5, 5.41) is 0. The lowest BCUT2D eigenvalue weighted by Crippen LogP contribution is -2.08. The monoisotopic (exact) mass is 121 g/mol. The molecule has 0 aromatic carbocycles. The van der Waals surface area contributed by atoms with Crippen molar-refractivity contribution in [2.24, 2.45) is 11.7 Å². The third-order valence-corrected chi connectivity index (χ3v) is 1.46. The second-order valence-corrected chi connectivity index (χ2v) is 2.23. The van der Waals surface area contributed by atoms with E-state index >= 15 is 0 Å². The van der Waals surface area contributed by atoms with Gasteiger partial charge in [0.15, 0.2) is 0 Å². The number of hydrogen-bond acceptors (Lipinski definition) is 1. The predicted molar refractivity (Wildman–Crippen MR) is 39.7 cm³/mol. The topological polar surface area (TPSA) is 26.0 Å². The van der Waals surface area contributed by atoms with E-state index in [1.807, 2.05) is 12.2 Å². The Kier molecular flexibility index (Phi) is 1.73. The standard InChI is InChI=1S/C8H11N/c1-7(9)8-5-3-2-4-6-8/h2-5,8H,1,6,9H2/t8-/m0/s1. The number of nitrogens with two attached hydrogens (primary N) is 1. The van der Waals surface area contributed by atoms with E-state index in [4.69, 9.17) is 5.73 Å².